The summed E-state index contributed by atoms with van der Waals surface area (Å²) in [4.78, 5) is 0. The summed E-state index contributed by atoms with van der Waals surface area (Å²) in [6.07, 6.45) is 0. The molecular formula is C17H13FN2O2. The number of fused-ring (bicyclic) bond motifs is 1. The minimum Gasteiger partial charge on any atom is -0.497 e. The second-order valence-corrected chi connectivity index (χ2v) is 4.88. The van der Waals surface area contributed by atoms with Crippen LogP contribution in [-0.2, 0) is 0 Å². The van der Waals surface area contributed by atoms with Crippen molar-refractivity contribution in [2.45, 2.75) is 5.92 Å². The molecule has 0 saturated carbocycles. The molecule has 0 fully saturated rings. The van der Waals surface area contributed by atoms with Crippen LogP contribution in [0.15, 0.2) is 53.9 Å². The van der Waals surface area contributed by atoms with Crippen LogP contribution in [-0.4, -0.2) is 7.11 Å². The van der Waals surface area contributed by atoms with Crippen LogP contribution in [0.1, 0.15) is 17.0 Å². The monoisotopic (exact) mass is 296 g/mol. The van der Waals surface area contributed by atoms with Crippen LogP contribution in [0.2, 0.25) is 0 Å². The van der Waals surface area contributed by atoms with Gasteiger partial charge in [-0.1, -0.05) is 18.2 Å². The molecule has 1 aliphatic heterocycles. The van der Waals surface area contributed by atoms with E-state index in [-0.39, 0.29) is 17.6 Å². The van der Waals surface area contributed by atoms with Crippen molar-refractivity contribution in [3.63, 3.8) is 0 Å². The third-order valence-corrected chi connectivity index (χ3v) is 3.63. The Morgan fingerprint density at radius 2 is 1.95 bits per heavy atom. The van der Waals surface area contributed by atoms with Crippen LogP contribution in [0, 0.1) is 17.1 Å². The molecule has 0 aliphatic carbocycles. The van der Waals surface area contributed by atoms with Crippen LogP contribution in [0.25, 0.3) is 0 Å². The first-order valence-electron chi connectivity index (χ1n) is 6.65. The maximum absolute atomic E-state index is 13.2. The summed E-state index contributed by atoms with van der Waals surface area (Å²) < 4.78 is 23.9. The quantitative estimate of drug-likeness (QED) is 0.924. The van der Waals surface area contributed by atoms with Gasteiger partial charge in [-0.05, 0) is 23.8 Å². The second-order valence-electron chi connectivity index (χ2n) is 4.88. The summed E-state index contributed by atoms with van der Waals surface area (Å²) in [6, 6.07) is 13.4. The van der Waals surface area contributed by atoms with Gasteiger partial charge in [0.15, 0.2) is 0 Å². The van der Waals surface area contributed by atoms with Gasteiger partial charge in [-0.3, -0.25) is 0 Å². The van der Waals surface area contributed by atoms with Crippen molar-refractivity contribution in [1.29, 1.82) is 5.26 Å². The minimum absolute atomic E-state index is 0.0533. The molecule has 110 valence electrons. The minimum atomic E-state index is -0.389. The van der Waals surface area contributed by atoms with E-state index in [2.05, 4.69) is 6.07 Å². The fraction of sp³-hybridized carbons (Fsp3) is 0.118. The molecule has 22 heavy (non-hydrogen) atoms. The molecule has 2 aromatic rings. The Labute approximate surface area is 127 Å². The Balaban J connectivity index is 2.18. The van der Waals surface area contributed by atoms with Crippen molar-refractivity contribution in [2.75, 3.05) is 7.11 Å². The summed E-state index contributed by atoms with van der Waals surface area (Å²) in [5.74, 6) is 0.494. The van der Waals surface area contributed by atoms with Gasteiger partial charge in [0.25, 0.3) is 0 Å². The Kier molecular flexibility index (Phi) is 3.43. The van der Waals surface area contributed by atoms with Crippen molar-refractivity contribution in [2.24, 2.45) is 5.73 Å². The van der Waals surface area contributed by atoms with Crippen LogP contribution < -0.4 is 15.2 Å². The number of halogens is 1. The number of nitriles is 1. The lowest BCUT2D eigenvalue weighted by Gasteiger charge is -2.26. The molecule has 2 N–H and O–H groups in total. The number of hydrogen-bond acceptors (Lipinski definition) is 4. The van der Waals surface area contributed by atoms with Gasteiger partial charge in [-0.2, -0.15) is 5.26 Å². The van der Waals surface area contributed by atoms with Gasteiger partial charge in [0.1, 0.15) is 29.0 Å². The van der Waals surface area contributed by atoms with E-state index in [9.17, 15) is 9.65 Å². The molecule has 5 heteroatoms. The second kappa shape index (κ2) is 5.41. The van der Waals surface area contributed by atoms with Crippen LogP contribution in [0.3, 0.4) is 0 Å². The fourth-order valence-corrected chi connectivity index (χ4v) is 2.56. The van der Waals surface area contributed by atoms with E-state index in [0.29, 0.717) is 17.1 Å². The number of nitrogens with two attached hydrogens (primary N) is 1. The number of ether oxygens (including phenoxy) is 2. The molecule has 0 radical (unpaired) electrons. The zero-order chi connectivity index (χ0) is 15.7. The van der Waals surface area contributed by atoms with E-state index in [1.807, 2.05) is 6.07 Å². The number of methoxy groups -OCH3 is 1. The molecule has 0 amide bonds. The number of nitrogens with zero attached hydrogens (tertiary/aromatic N) is 1. The molecule has 1 unspecified atom stereocenters. The van der Waals surface area contributed by atoms with Gasteiger partial charge in [-0.25, -0.2) is 4.39 Å². The Morgan fingerprint density at radius 1 is 1.23 bits per heavy atom. The highest BCUT2D eigenvalue weighted by molar-refractivity contribution is 5.57. The lowest BCUT2D eigenvalue weighted by atomic mass is 9.83. The fourth-order valence-electron chi connectivity index (χ4n) is 2.56. The average Bonchev–Trinajstić information content (AvgIpc) is 2.54. The molecule has 3 rings (SSSR count). The molecule has 0 spiro atoms. The topological polar surface area (TPSA) is 68.3 Å². The molecule has 2 aromatic carbocycles. The van der Waals surface area contributed by atoms with Crippen LogP contribution >= 0.6 is 0 Å². The molecule has 4 nitrogen and oxygen atoms in total. The van der Waals surface area contributed by atoms with Gasteiger partial charge >= 0.3 is 0 Å². The van der Waals surface area contributed by atoms with Crippen molar-refractivity contribution in [3.8, 4) is 17.6 Å². The van der Waals surface area contributed by atoms with Crippen LogP contribution in [0.4, 0.5) is 4.39 Å². The first-order valence-corrected chi connectivity index (χ1v) is 6.65. The maximum Gasteiger partial charge on any atom is 0.205 e. The number of benzene rings is 2. The Morgan fingerprint density at radius 3 is 2.59 bits per heavy atom. The molecule has 0 saturated heterocycles. The Bertz CT molecular complexity index is 791. The molecule has 1 aliphatic rings. The zero-order valence-electron chi connectivity index (χ0n) is 11.8. The summed E-state index contributed by atoms with van der Waals surface area (Å²) in [7, 11) is 1.56. The van der Waals surface area contributed by atoms with Gasteiger partial charge in [0.2, 0.25) is 5.88 Å². The molecule has 1 heterocycles. The van der Waals surface area contributed by atoms with Gasteiger partial charge in [0, 0.05) is 11.6 Å². The third-order valence-electron chi connectivity index (χ3n) is 3.63. The summed E-state index contributed by atoms with van der Waals surface area (Å²) in [5.41, 5.74) is 7.75. The van der Waals surface area contributed by atoms with E-state index in [1.165, 1.54) is 12.1 Å². The maximum atomic E-state index is 13.2. The van der Waals surface area contributed by atoms with Crippen molar-refractivity contribution >= 4 is 0 Å². The Hall–Kier alpha value is -3.00. The predicted molar refractivity (Wildman–Crippen MR) is 78.7 cm³/mol. The summed E-state index contributed by atoms with van der Waals surface area (Å²) in [6.45, 7) is 0. The van der Waals surface area contributed by atoms with E-state index in [0.717, 1.165) is 11.1 Å². The van der Waals surface area contributed by atoms with Crippen molar-refractivity contribution in [3.05, 3.63) is 70.9 Å². The van der Waals surface area contributed by atoms with E-state index in [1.54, 1.807) is 31.4 Å². The van der Waals surface area contributed by atoms with E-state index in [4.69, 9.17) is 15.2 Å². The third kappa shape index (κ3) is 2.25. The lowest BCUT2D eigenvalue weighted by Crippen LogP contribution is -2.21. The predicted octanol–water partition coefficient (Wildman–Crippen LogP) is 3.05. The first-order chi connectivity index (χ1) is 10.6. The summed E-state index contributed by atoms with van der Waals surface area (Å²) in [5, 5.41) is 9.41. The largest absolute Gasteiger partial charge is 0.497 e. The standard InChI is InChI=1S/C17H13FN2O2/c1-21-12-6-7-13-15(8-12)22-17(20)14(9-19)16(13)10-2-4-11(18)5-3-10/h2-8,16H,20H2,1H3. The SMILES string of the molecule is COc1ccc2c(c1)OC(N)=C(C#N)C2c1ccc(F)cc1. The zero-order valence-corrected chi connectivity index (χ0v) is 11.8. The molecule has 0 bridgehead atoms. The van der Waals surface area contributed by atoms with E-state index >= 15 is 0 Å². The highest BCUT2D eigenvalue weighted by atomic mass is 19.1. The van der Waals surface area contributed by atoms with Crippen molar-refractivity contribution < 1.29 is 13.9 Å². The molecular weight excluding hydrogens is 283 g/mol. The van der Waals surface area contributed by atoms with Crippen LogP contribution in [0.5, 0.6) is 11.5 Å². The van der Waals surface area contributed by atoms with E-state index < -0.39 is 0 Å². The number of rotatable bonds is 2. The average molecular weight is 296 g/mol. The highest BCUT2D eigenvalue weighted by Gasteiger charge is 2.30. The first kappa shape index (κ1) is 14.0. The smallest absolute Gasteiger partial charge is 0.205 e. The van der Waals surface area contributed by atoms with Crippen molar-refractivity contribution in [1.82, 2.24) is 0 Å². The lowest BCUT2D eigenvalue weighted by molar-refractivity contribution is 0.381. The normalized spacial score (nSPS) is 16.5. The summed E-state index contributed by atoms with van der Waals surface area (Å²) >= 11 is 0. The molecule has 0 aromatic heterocycles. The van der Waals surface area contributed by atoms with Gasteiger partial charge in [-0.15, -0.1) is 0 Å². The highest BCUT2D eigenvalue weighted by Crippen LogP contribution is 2.43. The molecule has 1 atom stereocenters. The number of allylic oxidation sites excluding steroid dienone is 1. The number of hydrogen-bond donors (Lipinski definition) is 1. The van der Waals surface area contributed by atoms with Gasteiger partial charge < -0.3 is 15.2 Å². The van der Waals surface area contributed by atoms with Gasteiger partial charge in [0.05, 0.1) is 13.0 Å².